The molecule has 2 aromatic carbocycles. The Bertz CT molecular complexity index is 891. The second kappa shape index (κ2) is 7.19. The van der Waals surface area contributed by atoms with Gasteiger partial charge in [-0.15, -0.1) is 0 Å². The zero-order valence-electron chi connectivity index (χ0n) is 13.1. The van der Waals surface area contributed by atoms with Crippen molar-refractivity contribution in [3.8, 4) is 11.4 Å². The quantitative estimate of drug-likeness (QED) is 0.771. The maximum atomic E-state index is 12.7. The molecule has 6 heteroatoms. The maximum absolute atomic E-state index is 12.7. The number of anilines is 1. The third-order valence-electron chi connectivity index (χ3n) is 3.56. The summed E-state index contributed by atoms with van der Waals surface area (Å²) in [6.45, 7) is 0.481. The molecule has 0 saturated carbocycles. The van der Waals surface area contributed by atoms with Crippen molar-refractivity contribution in [2.75, 3.05) is 12.4 Å². The molecule has 1 heterocycles. The molecule has 0 aliphatic heterocycles. The highest BCUT2D eigenvalue weighted by Gasteiger charge is 2.10. The molecule has 0 radical (unpaired) electrons. The van der Waals surface area contributed by atoms with E-state index in [0.29, 0.717) is 23.0 Å². The zero-order chi connectivity index (χ0) is 16.9. The minimum atomic E-state index is -0.240. The van der Waals surface area contributed by atoms with Crippen LogP contribution in [0.1, 0.15) is 5.56 Å². The van der Waals surface area contributed by atoms with Crippen LogP contribution >= 0.6 is 11.6 Å². The fraction of sp³-hybridized carbons (Fsp3) is 0.111. The van der Waals surface area contributed by atoms with E-state index >= 15 is 0 Å². The Balaban J connectivity index is 1.88. The lowest BCUT2D eigenvalue weighted by Crippen LogP contribution is -2.23. The predicted octanol–water partition coefficient (Wildman–Crippen LogP) is 3.51. The monoisotopic (exact) mass is 341 g/mol. The minimum absolute atomic E-state index is 0.240. The fourth-order valence-electron chi connectivity index (χ4n) is 2.34. The molecule has 122 valence electrons. The first-order valence-corrected chi connectivity index (χ1v) is 7.76. The van der Waals surface area contributed by atoms with E-state index in [2.05, 4.69) is 10.3 Å². The van der Waals surface area contributed by atoms with Crippen molar-refractivity contribution in [1.29, 1.82) is 0 Å². The standard InChI is InChI=1S/C18H16ClN3O2/c1-24-16-5-3-2-4-15(16)22-11-10-20-17(18(22)23)21-12-13-6-8-14(19)9-7-13/h2-11H,12H2,1H3,(H,20,21). The van der Waals surface area contributed by atoms with Crippen LogP contribution in [0, 0.1) is 0 Å². The van der Waals surface area contributed by atoms with E-state index in [1.54, 1.807) is 19.5 Å². The SMILES string of the molecule is COc1ccccc1-n1ccnc(NCc2ccc(Cl)cc2)c1=O. The van der Waals surface area contributed by atoms with Crippen molar-refractivity contribution in [3.63, 3.8) is 0 Å². The average molecular weight is 342 g/mol. The Morgan fingerprint density at radius 2 is 1.92 bits per heavy atom. The Labute approximate surface area is 144 Å². The molecule has 0 saturated heterocycles. The van der Waals surface area contributed by atoms with Crippen LogP contribution < -0.4 is 15.6 Å². The molecule has 0 unspecified atom stereocenters. The van der Waals surface area contributed by atoms with Crippen LogP contribution in [-0.2, 0) is 6.54 Å². The average Bonchev–Trinajstić information content (AvgIpc) is 2.62. The van der Waals surface area contributed by atoms with Crippen LogP contribution in [0.5, 0.6) is 5.75 Å². The van der Waals surface area contributed by atoms with Gasteiger partial charge in [-0.25, -0.2) is 4.98 Å². The van der Waals surface area contributed by atoms with Crippen molar-refractivity contribution in [2.24, 2.45) is 0 Å². The van der Waals surface area contributed by atoms with Gasteiger partial charge in [-0.05, 0) is 29.8 Å². The van der Waals surface area contributed by atoms with Gasteiger partial charge in [0, 0.05) is 24.0 Å². The lowest BCUT2D eigenvalue weighted by atomic mass is 10.2. The summed E-state index contributed by atoms with van der Waals surface area (Å²) < 4.78 is 6.83. The number of benzene rings is 2. The molecule has 0 fully saturated rings. The predicted molar refractivity (Wildman–Crippen MR) is 95.2 cm³/mol. The largest absolute Gasteiger partial charge is 0.495 e. The molecule has 0 amide bonds. The van der Waals surface area contributed by atoms with E-state index in [-0.39, 0.29) is 11.4 Å². The first kappa shape index (κ1) is 16.1. The van der Waals surface area contributed by atoms with Crippen molar-refractivity contribution in [1.82, 2.24) is 9.55 Å². The van der Waals surface area contributed by atoms with Crippen LogP contribution in [0.2, 0.25) is 5.02 Å². The van der Waals surface area contributed by atoms with Gasteiger partial charge >= 0.3 is 0 Å². The molecule has 1 N–H and O–H groups in total. The molecule has 0 spiro atoms. The van der Waals surface area contributed by atoms with Gasteiger partial charge < -0.3 is 10.1 Å². The zero-order valence-corrected chi connectivity index (χ0v) is 13.8. The highest BCUT2D eigenvalue weighted by atomic mass is 35.5. The summed E-state index contributed by atoms with van der Waals surface area (Å²) in [6.07, 6.45) is 3.20. The summed E-state index contributed by atoms with van der Waals surface area (Å²) >= 11 is 5.87. The van der Waals surface area contributed by atoms with Crippen LogP contribution in [0.15, 0.2) is 65.7 Å². The fourth-order valence-corrected chi connectivity index (χ4v) is 2.47. The Hall–Kier alpha value is -2.79. The number of hydrogen-bond acceptors (Lipinski definition) is 4. The van der Waals surface area contributed by atoms with Gasteiger partial charge in [-0.1, -0.05) is 35.9 Å². The molecule has 0 atom stereocenters. The smallest absolute Gasteiger partial charge is 0.297 e. The maximum Gasteiger partial charge on any atom is 0.297 e. The Morgan fingerprint density at radius 3 is 2.67 bits per heavy atom. The first-order chi connectivity index (χ1) is 11.7. The highest BCUT2D eigenvalue weighted by molar-refractivity contribution is 6.30. The molecular weight excluding hydrogens is 326 g/mol. The van der Waals surface area contributed by atoms with E-state index in [1.807, 2.05) is 48.5 Å². The summed E-state index contributed by atoms with van der Waals surface area (Å²) in [6, 6.07) is 14.8. The van der Waals surface area contributed by atoms with Gasteiger partial charge in [0.15, 0.2) is 5.82 Å². The number of nitrogens with one attached hydrogen (secondary N) is 1. The topological polar surface area (TPSA) is 56.1 Å². The van der Waals surface area contributed by atoms with E-state index in [9.17, 15) is 4.79 Å². The third-order valence-corrected chi connectivity index (χ3v) is 3.81. The van der Waals surface area contributed by atoms with Gasteiger partial charge in [0.25, 0.3) is 5.56 Å². The number of ether oxygens (including phenoxy) is 1. The molecule has 1 aromatic heterocycles. The molecular formula is C18H16ClN3O2. The first-order valence-electron chi connectivity index (χ1n) is 7.38. The van der Waals surface area contributed by atoms with Crippen LogP contribution in [0.3, 0.4) is 0 Å². The third kappa shape index (κ3) is 3.41. The normalized spacial score (nSPS) is 10.4. The van der Waals surface area contributed by atoms with Crippen molar-refractivity contribution >= 4 is 17.4 Å². The van der Waals surface area contributed by atoms with E-state index in [0.717, 1.165) is 5.56 Å². The van der Waals surface area contributed by atoms with E-state index in [4.69, 9.17) is 16.3 Å². The molecule has 0 bridgehead atoms. The van der Waals surface area contributed by atoms with Gasteiger partial charge in [-0.3, -0.25) is 9.36 Å². The Morgan fingerprint density at radius 1 is 1.17 bits per heavy atom. The number of hydrogen-bond donors (Lipinski definition) is 1. The van der Waals surface area contributed by atoms with E-state index in [1.165, 1.54) is 4.57 Å². The summed E-state index contributed by atoms with van der Waals surface area (Å²) in [4.78, 5) is 16.8. The molecule has 24 heavy (non-hydrogen) atoms. The Kier molecular flexibility index (Phi) is 4.82. The molecule has 0 aliphatic rings. The summed E-state index contributed by atoms with van der Waals surface area (Å²) in [5.74, 6) is 0.896. The molecule has 3 rings (SSSR count). The summed E-state index contributed by atoms with van der Waals surface area (Å²) in [7, 11) is 1.57. The van der Waals surface area contributed by atoms with Gasteiger partial charge in [-0.2, -0.15) is 0 Å². The second-order valence-electron chi connectivity index (χ2n) is 5.10. The summed E-state index contributed by atoms with van der Waals surface area (Å²) in [5.41, 5.74) is 1.44. The van der Waals surface area contributed by atoms with Crippen molar-refractivity contribution in [2.45, 2.75) is 6.54 Å². The van der Waals surface area contributed by atoms with Gasteiger partial charge in [0.1, 0.15) is 5.75 Å². The lowest BCUT2D eigenvalue weighted by Gasteiger charge is -2.12. The van der Waals surface area contributed by atoms with Crippen molar-refractivity contribution < 1.29 is 4.74 Å². The second-order valence-corrected chi connectivity index (χ2v) is 5.54. The molecule has 0 aliphatic carbocycles. The van der Waals surface area contributed by atoms with Crippen LogP contribution in [0.25, 0.3) is 5.69 Å². The van der Waals surface area contributed by atoms with E-state index < -0.39 is 0 Å². The minimum Gasteiger partial charge on any atom is -0.495 e. The van der Waals surface area contributed by atoms with Crippen LogP contribution in [-0.4, -0.2) is 16.7 Å². The number of nitrogens with zero attached hydrogens (tertiary/aromatic N) is 2. The number of halogens is 1. The molecule has 5 nitrogen and oxygen atoms in total. The number of methoxy groups -OCH3 is 1. The number of para-hydroxylation sites is 2. The van der Waals surface area contributed by atoms with Crippen LogP contribution in [0.4, 0.5) is 5.82 Å². The highest BCUT2D eigenvalue weighted by Crippen LogP contribution is 2.20. The summed E-state index contributed by atoms with van der Waals surface area (Å²) in [5, 5.41) is 3.74. The number of aromatic nitrogens is 2. The van der Waals surface area contributed by atoms with Gasteiger partial charge in [0.05, 0.1) is 12.8 Å². The molecule has 3 aromatic rings. The number of rotatable bonds is 5. The van der Waals surface area contributed by atoms with Crippen molar-refractivity contribution in [3.05, 3.63) is 81.9 Å². The van der Waals surface area contributed by atoms with Gasteiger partial charge in [0.2, 0.25) is 0 Å². The lowest BCUT2D eigenvalue weighted by molar-refractivity contribution is 0.412.